The highest BCUT2D eigenvalue weighted by Gasteiger charge is 2.30. The van der Waals surface area contributed by atoms with Crippen molar-refractivity contribution in [2.24, 2.45) is 0 Å². The van der Waals surface area contributed by atoms with Gasteiger partial charge in [0.05, 0.1) is 23.6 Å². The zero-order chi connectivity index (χ0) is 27.7. The van der Waals surface area contributed by atoms with Crippen molar-refractivity contribution in [3.63, 3.8) is 0 Å². The minimum absolute atomic E-state index is 0.241. The van der Waals surface area contributed by atoms with Crippen LogP contribution < -0.4 is 10.9 Å². The minimum atomic E-state index is -0.942. The Morgan fingerprint density at radius 1 is 1.13 bits per heavy atom. The summed E-state index contributed by atoms with van der Waals surface area (Å²) in [7, 11) is 0. The van der Waals surface area contributed by atoms with Crippen LogP contribution in [0.3, 0.4) is 0 Å². The van der Waals surface area contributed by atoms with E-state index in [0.717, 1.165) is 53.1 Å². The number of ether oxygens (including phenoxy) is 1. The maximum atomic E-state index is 13.7. The van der Waals surface area contributed by atoms with Crippen LogP contribution >= 0.6 is 11.3 Å². The Kier molecular flexibility index (Phi) is 7.47. The first-order valence-electron chi connectivity index (χ1n) is 13.1. The molecule has 1 unspecified atom stereocenters. The molecule has 1 N–H and O–H groups in total. The van der Waals surface area contributed by atoms with Gasteiger partial charge in [0, 0.05) is 22.2 Å². The number of amides is 1. The van der Waals surface area contributed by atoms with Crippen LogP contribution in [0, 0.1) is 13.8 Å². The standard InChI is InChI=1S/C29H31N5O4S/c1-5-38-28(37)25-21-13-9-10-14-23(21)39-27(25)31-26(36)19(4)33-24(35)16-22(20-11-7-6-8-12-20)30-29(33)34-18(3)15-17(2)32-34/h6-8,11-12,15-16,19H,5,9-10,13-14H2,1-4H3,(H,31,36). The summed E-state index contributed by atoms with van der Waals surface area (Å²) >= 11 is 1.41. The quantitative estimate of drug-likeness (QED) is 0.327. The number of aryl methyl sites for hydroxylation is 3. The van der Waals surface area contributed by atoms with Crippen molar-refractivity contribution in [1.82, 2.24) is 19.3 Å². The minimum Gasteiger partial charge on any atom is -0.462 e. The zero-order valence-electron chi connectivity index (χ0n) is 22.5. The molecule has 0 saturated heterocycles. The molecule has 3 heterocycles. The fourth-order valence-corrected chi connectivity index (χ4v) is 6.27. The third-order valence-corrected chi connectivity index (χ3v) is 8.06. The van der Waals surface area contributed by atoms with Gasteiger partial charge in [-0.3, -0.25) is 14.2 Å². The van der Waals surface area contributed by atoms with E-state index in [4.69, 9.17) is 9.72 Å². The SMILES string of the molecule is CCOC(=O)c1c(NC(=O)C(C)n2c(-n3nc(C)cc3C)nc(-c3ccccc3)cc2=O)sc2c1CCCC2. The first kappa shape index (κ1) is 26.6. The van der Waals surface area contributed by atoms with Crippen molar-refractivity contribution in [3.05, 3.63) is 80.2 Å². The van der Waals surface area contributed by atoms with E-state index < -0.39 is 17.9 Å². The number of thiophene rings is 1. The maximum absolute atomic E-state index is 13.7. The molecule has 4 aromatic rings. The van der Waals surface area contributed by atoms with Crippen LogP contribution in [0.5, 0.6) is 0 Å². The number of aromatic nitrogens is 4. The molecule has 0 spiro atoms. The van der Waals surface area contributed by atoms with Crippen molar-refractivity contribution < 1.29 is 14.3 Å². The molecule has 5 rings (SSSR count). The Hall–Kier alpha value is -4.05. The molecule has 3 aromatic heterocycles. The summed E-state index contributed by atoms with van der Waals surface area (Å²) in [5.74, 6) is -0.627. The van der Waals surface area contributed by atoms with Gasteiger partial charge in [-0.05, 0) is 65.0 Å². The van der Waals surface area contributed by atoms with Gasteiger partial charge in [0.1, 0.15) is 11.0 Å². The van der Waals surface area contributed by atoms with E-state index in [0.29, 0.717) is 16.3 Å². The summed E-state index contributed by atoms with van der Waals surface area (Å²) < 4.78 is 8.26. The molecule has 0 saturated carbocycles. The predicted octanol–water partition coefficient (Wildman–Crippen LogP) is 5.03. The van der Waals surface area contributed by atoms with Crippen LogP contribution in [0.15, 0.2) is 47.3 Å². The largest absolute Gasteiger partial charge is 0.462 e. The lowest BCUT2D eigenvalue weighted by Gasteiger charge is -2.20. The van der Waals surface area contributed by atoms with Crippen LogP contribution in [0.25, 0.3) is 17.2 Å². The number of nitrogens with one attached hydrogen (secondary N) is 1. The van der Waals surface area contributed by atoms with E-state index in [1.807, 2.05) is 50.2 Å². The summed E-state index contributed by atoms with van der Waals surface area (Å²) in [6.45, 7) is 7.38. The van der Waals surface area contributed by atoms with Gasteiger partial charge in [-0.1, -0.05) is 30.3 Å². The number of hydrogen-bond donors (Lipinski definition) is 1. The molecule has 9 nitrogen and oxygen atoms in total. The van der Waals surface area contributed by atoms with E-state index in [2.05, 4.69) is 10.4 Å². The van der Waals surface area contributed by atoms with Crippen LogP contribution in [-0.4, -0.2) is 37.8 Å². The van der Waals surface area contributed by atoms with Crippen LogP contribution in [0.1, 0.15) is 64.9 Å². The second-order valence-corrected chi connectivity index (χ2v) is 10.8. The summed E-state index contributed by atoms with van der Waals surface area (Å²) in [5.41, 5.74) is 3.82. The Bertz CT molecular complexity index is 1600. The number of carbonyl (C=O) groups is 2. The highest BCUT2D eigenvalue weighted by Crippen LogP contribution is 2.39. The molecule has 0 fully saturated rings. The smallest absolute Gasteiger partial charge is 0.341 e. The third kappa shape index (κ3) is 5.16. The summed E-state index contributed by atoms with van der Waals surface area (Å²) in [5, 5.41) is 7.95. The number of hydrogen-bond acceptors (Lipinski definition) is 7. The maximum Gasteiger partial charge on any atom is 0.341 e. The molecule has 1 aromatic carbocycles. The number of benzene rings is 1. The van der Waals surface area contributed by atoms with E-state index in [-0.39, 0.29) is 18.1 Å². The number of esters is 1. The first-order chi connectivity index (χ1) is 18.8. The molecule has 1 aliphatic carbocycles. The highest BCUT2D eigenvalue weighted by molar-refractivity contribution is 7.17. The van der Waals surface area contributed by atoms with Crippen LogP contribution in [0.4, 0.5) is 5.00 Å². The number of nitrogens with zero attached hydrogens (tertiary/aromatic N) is 4. The molecular formula is C29H31N5O4S. The molecule has 0 radical (unpaired) electrons. The van der Waals surface area contributed by atoms with E-state index >= 15 is 0 Å². The number of carbonyl (C=O) groups excluding carboxylic acids is 2. The average molecular weight is 546 g/mol. The second kappa shape index (κ2) is 11.0. The third-order valence-electron chi connectivity index (χ3n) is 6.86. The van der Waals surface area contributed by atoms with Crippen molar-refractivity contribution in [3.8, 4) is 17.2 Å². The van der Waals surface area contributed by atoms with Gasteiger partial charge in [-0.25, -0.2) is 14.5 Å². The van der Waals surface area contributed by atoms with Crippen LogP contribution in [-0.2, 0) is 22.4 Å². The van der Waals surface area contributed by atoms with Crippen molar-refractivity contribution >= 4 is 28.2 Å². The molecule has 0 aliphatic heterocycles. The monoisotopic (exact) mass is 545 g/mol. The predicted molar refractivity (Wildman–Crippen MR) is 151 cm³/mol. The molecule has 10 heteroatoms. The summed E-state index contributed by atoms with van der Waals surface area (Å²) in [4.78, 5) is 46.0. The topological polar surface area (TPSA) is 108 Å². The Labute approximate surface area is 230 Å². The molecule has 0 bridgehead atoms. The number of anilines is 1. The van der Waals surface area contributed by atoms with Crippen molar-refractivity contribution in [2.75, 3.05) is 11.9 Å². The molecule has 39 heavy (non-hydrogen) atoms. The lowest BCUT2D eigenvalue weighted by molar-refractivity contribution is -0.118. The summed E-state index contributed by atoms with van der Waals surface area (Å²) in [6, 6.07) is 11.8. The van der Waals surface area contributed by atoms with Gasteiger partial charge in [-0.2, -0.15) is 5.10 Å². The molecule has 202 valence electrons. The van der Waals surface area contributed by atoms with Crippen molar-refractivity contribution in [1.29, 1.82) is 0 Å². The Morgan fingerprint density at radius 3 is 2.56 bits per heavy atom. The Balaban J connectivity index is 1.57. The van der Waals surface area contributed by atoms with Crippen LogP contribution in [0.2, 0.25) is 0 Å². The number of rotatable bonds is 7. The van der Waals surface area contributed by atoms with Gasteiger partial charge in [0.25, 0.3) is 5.56 Å². The Morgan fingerprint density at radius 2 is 1.87 bits per heavy atom. The lowest BCUT2D eigenvalue weighted by atomic mass is 9.95. The van der Waals surface area contributed by atoms with Gasteiger partial charge in [-0.15, -0.1) is 11.3 Å². The number of fused-ring (bicyclic) bond motifs is 1. The second-order valence-electron chi connectivity index (χ2n) is 9.66. The lowest BCUT2D eigenvalue weighted by Crippen LogP contribution is -2.35. The normalized spacial score (nSPS) is 13.5. The first-order valence-corrected chi connectivity index (χ1v) is 13.9. The molecular weight excluding hydrogens is 514 g/mol. The molecule has 1 amide bonds. The van der Waals surface area contributed by atoms with Gasteiger partial charge in [0.15, 0.2) is 0 Å². The van der Waals surface area contributed by atoms with E-state index in [9.17, 15) is 14.4 Å². The van der Waals surface area contributed by atoms with Gasteiger partial charge >= 0.3 is 5.97 Å². The zero-order valence-corrected chi connectivity index (χ0v) is 23.3. The van der Waals surface area contributed by atoms with E-state index in [1.165, 1.54) is 22.0 Å². The van der Waals surface area contributed by atoms with E-state index in [1.54, 1.807) is 18.5 Å². The molecule has 1 atom stereocenters. The fraction of sp³-hybridized carbons (Fsp3) is 0.345. The average Bonchev–Trinajstić information content (AvgIpc) is 3.46. The highest BCUT2D eigenvalue weighted by atomic mass is 32.1. The van der Waals surface area contributed by atoms with Gasteiger partial charge < -0.3 is 10.1 Å². The summed E-state index contributed by atoms with van der Waals surface area (Å²) in [6.07, 6.45) is 3.67. The van der Waals surface area contributed by atoms with Gasteiger partial charge in [0.2, 0.25) is 11.9 Å². The molecule has 1 aliphatic rings. The fourth-order valence-electron chi connectivity index (χ4n) is 4.99. The van der Waals surface area contributed by atoms with Crippen molar-refractivity contribution in [2.45, 2.75) is 59.4 Å².